The summed E-state index contributed by atoms with van der Waals surface area (Å²) in [6.07, 6.45) is 0. The van der Waals surface area contributed by atoms with Crippen LogP contribution in [0.3, 0.4) is 0 Å². The number of aryl methyl sites for hydroxylation is 2. The summed E-state index contributed by atoms with van der Waals surface area (Å²) >= 11 is 2.94. The molecule has 0 aliphatic rings. The molecule has 106 valence electrons. The summed E-state index contributed by atoms with van der Waals surface area (Å²) in [6, 6.07) is 5.82. The second kappa shape index (κ2) is 6.37. The van der Waals surface area contributed by atoms with E-state index in [1.54, 1.807) is 0 Å². The van der Waals surface area contributed by atoms with E-state index in [2.05, 4.69) is 10.2 Å². The van der Waals surface area contributed by atoms with Gasteiger partial charge in [0, 0.05) is 19.7 Å². The van der Waals surface area contributed by atoms with Gasteiger partial charge >= 0.3 is 0 Å². The number of carbonyl (C=O) groups is 1. The van der Waals surface area contributed by atoms with Gasteiger partial charge in [-0.15, -0.1) is 10.2 Å². The highest BCUT2D eigenvalue weighted by atomic mass is 32.2. The fourth-order valence-electron chi connectivity index (χ4n) is 1.57. The zero-order valence-electron chi connectivity index (χ0n) is 12.0. The van der Waals surface area contributed by atoms with Crippen molar-refractivity contribution in [1.29, 1.82) is 0 Å². The molecular weight excluding hydrogens is 290 g/mol. The van der Waals surface area contributed by atoms with Crippen molar-refractivity contribution in [2.24, 2.45) is 0 Å². The smallest absolute Gasteiger partial charge is 0.208 e. The van der Waals surface area contributed by atoms with Crippen LogP contribution in [0.25, 0.3) is 0 Å². The maximum Gasteiger partial charge on any atom is 0.208 e. The Labute approximate surface area is 127 Å². The SMILES string of the molecule is Cc1ccc(C(=O)CSc2nnc(N(C)C)s2)cc1C. The Kier molecular flexibility index (Phi) is 4.77. The van der Waals surface area contributed by atoms with Crippen molar-refractivity contribution in [3.05, 3.63) is 34.9 Å². The van der Waals surface area contributed by atoms with Gasteiger partial charge in [-0.2, -0.15) is 0 Å². The summed E-state index contributed by atoms with van der Waals surface area (Å²) < 4.78 is 0.825. The van der Waals surface area contributed by atoms with Gasteiger partial charge in [0.15, 0.2) is 10.1 Å². The van der Waals surface area contributed by atoms with Gasteiger partial charge in [0.1, 0.15) is 0 Å². The average Bonchev–Trinajstić information content (AvgIpc) is 2.88. The predicted molar refractivity (Wildman–Crippen MR) is 85.2 cm³/mol. The van der Waals surface area contributed by atoms with Crippen LogP contribution in [0.4, 0.5) is 5.13 Å². The quantitative estimate of drug-likeness (QED) is 0.627. The first-order valence-corrected chi connectivity index (χ1v) is 8.01. The van der Waals surface area contributed by atoms with Crippen molar-refractivity contribution < 1.29 is 4.79 Å². The minimum absolute atomic E-state index is 0.125. The van der Waals surface area contributed by atoms with Crippen molar-refractivity contribution in [1.82, 2.24) is 10.2 Å². The summed E-state index contributed by atoms with van der Waals surface area (Å²) in [5, 5.41) is 8.98. The fourth-order valence-corrected chi connectivity index (χ4v) is 3.23. The third kappa shape index (κ3) is 3.58. The summed E-state index contributed by atoms with van der Waals surface area (Å²) in [5.74, 6) is 0.518. The summed E-state index contributed by atoms with van der Waals surface area (Å²) in [4.78, 5) is 14.1. The van der Waals surface area contributed by atoms with Gasteiger partial charge in [-0.3, -0.25) is 4.79 Å². The first-order chi connectivity index (χ1) is 9.47. The van der Waals surface area contributed by atoms with Crippen molar-refractivity contribution >= 4 is 34.0 Å². The monoisotopic (exact) mass is 307 g/mol. The average molecular weight is 307 g/mol. The molecule has 0 fully saturated rings. The Bertz CT molecular complexity index is 623. The molecular formula is C14H17N3OS2. The molecule has 1 aromatic carbocycles. The minimum atomic E-state index is 0.125. The molecule has 0 amide bonds. The second-order valence-electron chi connectivity index (χ2n) is 4.76. The van der Waals surface area contributed by atoms with Crippen LogP contribution < -0.4 is 4.90 Å². The van der Waals surface area contributed by atoms with Gasteiger partial charge in [-0.1, -0.05) is 35.2 Å². The van der Waals surface area contributed by atoms with Crippen LogP contribution in [-0.4, -0.2) is 35.8 Å². The number of aromatic nitrogens is 2. The topological polar surface area (TPSA) is 46.1 Å². The molecule has 0 saturated heterocycles. The molecule has 2 rings (SSSR count). The highest BCUT2D eigenvalue weighted by Crippen LogP contribution is 2.27. The van der Waals surface area contributed by atoms with Crippen LogP contribution in [0.2, 0.25) is 0 Å². The highest BCUT2D eigenvalue weighted by molar-refractivity contribution is 8.01. The van der Waals surface area contributed by atoms with E-state index in [0.29, 0.717) is 5.75 Å². The first-order valence-electron chi connectivity index (χ1n) is 6.21. The zero-order valence-corrected chi connectivity index (χ0v) is 13.6. The molecule has 1 heterocycles. The lowest BCUT2D eigenvalue weighted by molar-refractivity contribution is 0.102. The molecule has 0 bridgehead atoms. The Morgan fingerprint density at radius 1 is 1.25 bits per heavy atom. The third-order valence-corrected chi connectivity index (χ3v) is 5.16. The number of anilines is 1. The normalized spacial score (nSPS) is 10.6. The Morgan fingerprint density at radius 2 is 2.00 bits per heavy atom. The zero-order chi connectivity index (χ0) is 14.7. The van der Waals surface area contributed by atoms with E-state index >= 15 is 0 Å². The molecule has 0 atom stereocenters. The summed E-state index contributed by atoms with van der Waals surface area (Å²) in [6.45, 7) is 4.07. The Balaban J connectivity index is 1.99. The van der Waals surface area contributed by atoms with E-state index in [1.807, 2.05) is 51.0 Å². The van der Waals surface area contributed by atoms with E-state index in [9.17, 15) is 4.79 Å². The first kappa shape index (κ1) is 15.0. The lowest BCUT2D eigenvalue weighted by Crippen LogP contribution is -2.07. The molecule has 4 nitrogen and oxygen atoms in total. The van der Waals surface area contributed by atoms with Gasteiger partial charge in [0.05, 0.1) is 5.75 Å². The molecule has 0 aliphatic carbocycles. The van der Waals surface area contributed by atoms with Crippen molar-refractivity contribution in [2.45, 2.75) is 18.2 Å². The van der Waals surface area contributed by atoms with Crippen molar-refractivity contribution in [3.63, 3.8) is 0 Å². The number of hydrogen-bond acceptors (Lipinski definition) is 6. The van der Waals surface area contributed by atoms with E-state index in [4.69, 9.17) is 0 Å². The summed E-state index contributed by atoms with van der Waals surface area (Å²) in [5.41, 5.74) is 3.11. The lowest BCUT2D eigenvalue weighted by atomic mass is 10.0. The lowest BCUT2D eigenvalue weighted by Gasteiger charge is -2.04. The van der Waals surface area contributed by atoms with Gasteiger partial charge in [-0.05, 0) is 31.0 Å². The molecule has 0 aliphatic heterocycles. The van der Waals surface area contributed by atoms with Gasteiger partial charge in [-0.25, -0.2) is 0 Å². The number of carbonyl (C=O) groups excluding carboxylic acids is 1. The molecule has 2 aromatic rings. The molecule has 0 N–H and O–H groups in total. The second-order valence-corrected chi connectivity index (χ2v) is 6.93. The predicted octanol–water partition coefficient (Wildman–Crippen LogP) is 3.20. The number of hydrogen-bond donors (Lipinski definition) is 0. The molecule has 1 aromatic heterocycles. The van der Waals surface area contributed by atoms with Gasteiger partial charge in [0.25, 0.3) is 0 Å². The number of thioether (sulfide) groups is 1. The van der Waals surface area contributed by atoms with E-state index < -0.39 is 0 Å². The van der Waals surface area contributed by atoms with Crippen LogP contribution in [0.5, 0.6) is 0 Å². The molecule has 0 saturated carbocycles. The molecule has 6 heteroatoms. The number of ketones is 1. The van der Waals surface area contributed by atoms with Gasteiger partial charge in [0.2, 0.25) is 5.13 Å². The van der Waals surface area contributed by atoms with E-state index in [0.717, 1.165) is 20.6 Å². The van der Waals surface area contributed by atoms with Crippen LogP contribution in [0.15, 0.2) is 22.5 Å². The molecule has 20 heavy (non-hydrogen) atoms. The number of Topliss-reactive ketones (excluding diaryl/α,β-unsaturated/α-hetero) is 1. The number of nitrogens with zero attached hydrogens (tertiary/aromatic N) is 3. The van der Waals surface area contributed by atoms with Crippen LogP contribution in [0, 0.1) is 13.8 Å². The summed E-state index contributed by atoms with van der Waals surface area (Å²) in [7, 11) is 3.85. The largest absolute Gasteiger partial charge is 0.353 e. The maximum atomic E-state index is 12.1. The molecule has 0 unspecified atom stereocenters. The van der Waals surface area contributed by atoms with E-state index in [1.165, 1.54) is 28.7 Å². The van der Waals surface area contributed by atoms with Crippen LogP contribution >= 0.6 is 23.1 Å². The standard InChI is InChI=1S/C14H17N3OS2/c1-9-5-6-11(7-10(9)2)12(18)8-19-14-16-15-13(20-14)17(3)4/h5-7H,8H2,1-4H3. The van der Waals surface area contributed by atoms with Crippen LogP contribution in [-0.2, 0) is 0 Å². The highest BCUT2D eigenvalue weighted by Gasteiger charge is 2.11. The van der Waals surface area contributed by atoms with E-state index in [-0.39, 0.29) is 5.78 Å². The molecule has 0 spiro atoms. The Morgan fingerprint density at radius 3 is 2.60 bits per heavy atom. The fraction of sp³-hybridized carbons (Fsp3) is 0.357. The van der Waals surface area contributed by atoms with Gasteiger partial charge < -0.3 is 4.90 Å². The number of rotatable bonds is 5. The van der Waals surface area contributed by atoms with Crippen LogP contribution in [0.1, 0.15) is 21.5 Å². The maximum absolute atomic E-state index is 12.1. The third-order valence-electron chi connectivity index (χ3n) is 2.93. The number of benzene rings is 1. The minimum Gasteiger partial charge on any atom is -0.353 e. The van der Waals surface area contributed by atoms with Crippen molar-refractivity contribution in [2.75, 3.05) is 24.7 Å². The Hall–Kier alpha value is -1.40. The van der Waals surface area contributed by atoms with Crippen molar-refractivity contribution in [3.8, 4) is 0 Å². The molecule has 0 radical (unpaired) electrons.